The van der Waals surface area contributed by atoms with Crippen LogP contribution in [-0.4, -0.2) is 47.4 Å². The molecule has 1 unspecified atom stereocenters. The highest BCUT2D eigenvalue weighted by Gasteiger charge is 2.38. The third-order valence-electron chi connectivity index (χ3n) is 5.28. The molecule has 1 aromatic carbocycles. The average molecular weight is 373 g/mol. The zero-order valence-corrected chi connectivity index (χ0v) is 15.0. The summed E-state index contributed by atoms with van der Waals surface area (Å²) in [6, 6.07) is 5.05. The molecule has 1 amide bonds. The van der Waals surface area contributed by atoms with Crippen LogP contribution in [0.1, 0.15) is 48.0 Å². The summed E-state index contributed by atoms with van der Waals surface area (Å²) >= 11 is 0. The van der Waals surface area contributed by atoms with Crippen molar-refractivity contribution in [3.05, 3.63) is 29.3 Å². The van der Waals surface area contributed by atoms with E-state index in [-0.39, 0.29) is 23.3 Å². The van der Waals surface area contributed by atoms with E-state index in [4.69, 9.17) is 10.4 Å². The summed E-state index contributed by atoms with van der Waals surface area (Å²) in [5, 5.41) is 22.3. The average Bonchev–Trinajstić information content (AvgIpc) is 2.63. The molecule has 1 fully saturated rings. The number of hydrogen-bond acceptors (Lipinski definition) is 5. The molecule has 27 heavy (non-hydrogen) atoms. The van der Waals surface area contributed by atoms with E-state index < -0.39 is 19.0 Å². The number of aliphatic imine (C=N–C) groups is 1. The van der Waals surface area contributed by atoms with Gasteiger partial charge in [-0.1, -0.05) is 12.1 Å². The van der Waals surface area contributed by atoms with E-state index in [1.165, 1.54) is 12.4 Å². The molecular formula is C18H24BN3O5. The molecule has 0 radical (unpaired) electrons. The minimum atomic E-state index is -1.28. The van der Waals surface area contributed by atoms with Crippen molar-refractivity contribution >= 4 is 25.3 Å². The molecule has 0 spiro atoms. The van der Waals surface area contributed by atoms with Crippen molar-refractivity contribution < 1.29 is 24.4 Å². The van der Waals surface area contributed by atoms with Gasteiger partial charge in [-0.2, -0.15) is 0 Å². The molecule has 144 valence electrons. The van der Waals surface area contributed by atoms with E-state index in [0.29, 0.717) is 24.3 Å². The zero-order valence-electron chi connectivity index (χ0n) is 15.0. The van der Waals surface area contributed by atoms with Crippen molar-refractivity contribution in [2.75, 3.05) is 0 Å². The Hall–Kier alpha value is -2.55. The lowest BCUT2D eigenvalue weighted by Gasteiger charge is -2.30. The molecule has 1 saturated carbocycles. The number of nitrogens with zero attached hydrogens (tertiary/aromatic N) is 1. The van der Waals surface area contributed by atoms with Crippen molar-refractivity contribution in [2.24, 2.45) is 16.6 Å². The lowest BCUT2D eigenvalue weighted by atomic mass is 9.72. The van der Waals surface area contributed by atoms with E-state index >= 15 is 0 Å². The third-order valence-corrected chi connectivity index (χ3v) is 5.28. The van der Waals surface area contributed by atoms with Crippen molar-refractivity contribution in [3.8, 4) is 5.75 Å². The maximum absolute atomic E-state index is 12.4. The Bertz CT molecular complexity index is 734. The smallest absolute Gasteiger partial charge is 0.534 e. The predicted octanol–water partition coefficient (Wildman–Crippen LogP) is 0.760. The molecule has 1 aromatic rings. The van der Waals surface area contributed by atoms with Crippen molar-refractivity contribution in [2.45, 2.75) is 50.5 Å². The Kier molecular flexibility index (Phi) is 6.00. The van der Waals surface area contributed by atoms with E-state index in [2.05, 4.69) is 10.3 Å². The first kappa shape index (κ1) is 19.2. The number of carboxylic acids is 1. The summed E-state index contributed by atoms with van der Waals surface area (Å²) in [6.45, 7) is 0. The SMILES string of the molecule is NC=NC1CCC(CC(=O)NC2Cc3cccc(C(=O)O)c3OB2O)CC1. The summed E-state index contributed by atoms with van der Waals surface area (Å²) in [7, 11) is -1.28. The fourth-order valence-corrected chi connectivity index (χ4v) is 3.86. The van der Waals surface area contributed by atoms with Crippen molar-refractivity contribution in [3.63, 3.8) is 0 Å². The second-order valence-corrected chi connectivity index (χ2v) is 7.16. The van der Waals surface area contributed by atoms with Crippen LogP contribution in [0.25, 0.3) is 0 Å². The normalized spacial score (nSPS) is 24.9. The molecule has 1 aliphatic carbocycles. The Balaban J connectivity index is 1.56. The van der Waals surface area contributed by atoms with Crippen molar-refractivity contribution in [1.29, 1.82) is 0 Å². The van der Waals surface area contributed by atoms with Crippen LogP contribution in [-0.2, 0) is 11.2 Å². The van der Waals surface area contributed by atoms with Crippen LogP contribution >= 0.6 is 0 Å². The number of carbonyl (C=O) groups excluding carboxylic acids is 1. The van der Waals surface area contributed by atoms with Gasteiger partial charge in [0.15, 0.2) is 0 Å². The Morgan fingerprint density at radius 1 is 1.33 bits per heavy atom. The number of benzene rings is 1. The number of carbonyl (C=O) groups is 2. The van der Waals surface area contributed by atoms with Crippen LogP contribution in [0, 0.1) is 5.92 Å². The minimum absolute atomic E-state index is 0.00762. The summed E-state index contributed by atoms with van der Waals surface area (Å²) in [4.78, 5) is 27.9. The molecule has 0 saturated heterocycles. The number of fused-ring (bicyclic) bond motifs is 1. The van der Waals surface area contributed by atoms with Crippen LogP contribution in [0.3, 0.4) is 0 Å². The van der Waals surface area contributed by atoms with Gasteiger partial charge in [0.2, 0.25) is 5.91 Å². The third kappa shape index (κ3) is 4.60. The van der Waals surface area contributed by atoms with Gasteiger partial charge < -0.3 is 25.8 Å². The highest BCUT2D eigenvalue weighted by molar-refractivity contribution is 6.47. The van der Waals surface area contributed by atoms with Gasteiger partial charge in [0.25, 0.3) is 0 Å². The number of aromatic carboxylic acids is 1. The van der Waals surface area contributed by atoms with E-state index in [0.717, 1.165) is 25.7 Å². The first-order valence-corrected chi connectivity index (χ1v) is 9.20. The second-order valence-electron chi connectivity index (χ2n) is 7.16. The first-order chi connectivity index (χ1) is 13.0. The van der Waals surface area contributed by atoms with Crippen LogP contribution in [0.15, 0.2) is 23.2 Å². The quantitative estimate of drug-likeness (QED) is 0.342. The molecule has 1 atom stereocenters. The number of nitrogens with two attached hydrogens (primary N) is 1. The molecule has 5 N–H and O–H groups in total. The predicted molar refractivity (Wildman–Crippen MR) is 101 cm³/mol. The molecule has 1 aliphatic heterocycles. The Morgan fingerprint density at radius 2 is 2.07 bits per heavy atom. The van der Waals surface area contributed by atoms with Gasteiger partial charge in [0, 0.05) is 6.42 Å². The minimum Gasteiger partial charge on any atom is -0.534 e. The fraction of sp³-hybridized carbons (Fsp3) is 0.500. The number of carboxylic acid groups (broad SMARTS) is 1. The van der Waals surface area contributed by atoms with Gasteiger partial charge in [-0.25, -0.2) is 4.79 Å². The molecule has 1 heterocycles. The maximum Gasteiger partial charge on any atom is 0.547 e. The van der Waals surface area contributed by atoms with Gasteiger partial charge in [-0.05, 0) is 49.7 Å². The Labute approximate surface area is 158 Å². The molecule has 2 aliphatic rings. The standard InChI is InChI=1S/C18H24BN3O5/c20-10-21-13-6-4-11(5-7-13)8-16(23)22-15-9-12-2-1-3-14(18(24)25)17(12)27-19(15)26/h1-3,10-11,13,15,26H,4-9H2,(H2,20,21)(H,22,23)(H,24,25). The zero-order chi connectivity index (χ0) is 19.4. The Morgan fingerprint density at radius 3 is 2.74 bits per heavy atom. The van der Waals surface area contributed by atoms with Crippen LogP contribution in [0.5, 0.6) is 5.75 Å². The van der Waals surface area contributed by atoms with E-state index in [1.807, 2.05) is 0 Å². The summed E-state index contributed by atoms with van der Waals surface area (Å²) in [6.07, 6.45) is 5.74. The number of nitrogens with one attached hydrogen (secondary N) is 1. The van der Waals surface area contributed by atoms with E-state index in [9.17, 15) is 19.7 Å². The van der Waals surface area contributed by atoms with Gasteiger partial charge in [-0.15, -0.1) is 0 Å². The summed E-state index contributed by atoms with van der Waals surface area (Å²) in [5.41, 5.74) is 5.99. The molecule has 0 aromatic heterocycles. The van der Waals surface area contributed by atoms with Crippen molar-refractivity contribution in [1.82, 2.24) is 5.32 Å². The first-order valence-electron chi connectivity index (χ1n) is 9.20. The highest BCUT2D eigenvalue weighted by atomic mass is 16.5. The number of hydrogen-bond donors (Lipinski definition) is 4. The van der Waals surface area contributed by atoms with Gasteiger partial charge >= 0.3 is 13.1 Å². The second kappa shape index (κ2) is 8.43. The topological polar surface area (TPSA) is 134 Å². The molecule has 3 rings (SSSR count). The number of rotatable bonds is 5. The van der Waals surface area contributed by atoms with E-state index in [1.54, 1.807) is 12.1 Å². The number of para-hydroxylation sites is 1. The summed E-state index contributed by atoms with van der Waals surface area (Å²) < 4.78 is 5.40. The summed E-state index contributed by atoms with van der Waals surface area (Å²) in [5.74, 6) is -1.39. The van der Waals surface area contributed by atoms with Gasteiger partial charge in [0.1, 0.15) is 5.75 Å². The lowest BCUT2D eigenvalue weighted by molar-refractivity contribution is -0.122. The lowest BCUT2D eigenvalue weighted by Crippen LogP contribution is -2.53. The monoisotopic (exact) mass is 373 g/mol. The largest absolute Gasteiger partial charge is 0.547 e. The van der Waals surface area contributed by atoms with Gasteiger partial charge in [-0.3, -0.25) is 9.79 Å². The van der Waals surface area contributed by atoms with Crippen LogP contribution in [0.4, 0.5) is 0 Å². The molecular weight excluding hydrogens is 349 g/mol. The molecule has 8 nitrogen and oxygen atoms in total. The maximum atomic E-state index is 12.4. The highest BCUT2D eigenvalue weighted by Crippen LogP contribution is 2.31. The number of amides is 1. The van der Waals surface area contributed by atoms with Crippen LogP contribution in [0.2, 0.25) is 0 Å². The van der Waals surface area contributed by atoms with Crippen LogP contribution < -0.4 is 15.7 Å². The molecule has 9 heteroatoms. The molecule has 0 bridgehead atoms. The van der Waals surface area contributed by atoms with Gasteiger partial charge in [0.05, 0.1) is 23.9 Å². The fourth-order valence-electron chi connectivity index (χ4n) is 3.86.